The van der Waals surface area contributed by atoms with Crippen LogP contribution in [0.4, 0.5) is 5.69 Å². The fraction of sp³-hybridized carbons (Fsp3) is 0.444. The predicted molar refractivity (Wildman–Crippen MR) is 100 cm³/mol. The second kappa shape index (κ2) is 6.72. The molecule has 25 heavy (non-hydrogen) atoms. The topological polar surface area (TPSA) is 51.7 Å². The van der Waals surface area contributed by atoms with Crippen LogP contribution in [0, 0.1) is 0 Å². The van der Waals surface area contributed by atoms with Crippen LogP contribution in [0.15, 0.2) is 39.7 Å². The zero-order valence-corrected chi connectivity index (χ0v) is 16.7. The Morgan fingerprint density at radius 3 is 2.52 bits per heavy atom. The lowest BCUT2D eigenvalue weighted by molar-refractivity contribution is -0.158. The van der Waals surface area contributed by atoms with Crippen molar-refractivity contribution in [2.45, 2.75) is 48.3 Å². The van der Waals surface area contributed by atoms with Crippen molar-refractivity contribution in [3.63, 3.8) is 0 Å². The Balaban J connectivity index is 1.71. The highest BCUT2D eigenvalue weighted by molar-refractivity contribution is 8.01. The van der Waals surface area contributed by atoms with Gasteiger partial charge >= 0.3 is 0 Å². The molecular formula is C18H22N2O3S2. The Morgan fingerprint density at radius 1 is 1.28 bits per heavy atom. The maximum absolute atomic E-state index is 11.4. The van der Waals surface area contributed by atoms with Gasteiger partial charge in [0, 0.05) is 30.8 Å². The Morgan fingerprint density at radius 2 is 1.96 bits per heavy atom. The van der Waals surface area contributed by atoms with Gasteiger partial charge in [-0.3, -0.25) is 4.79 Å². The number of anilines is 1. The van der Waals surface area contributed by atoms with E-state index in [1.807, 2.05) is 51.2 Å². The van der Waals surface area contributed by atoms with Crippen LogP contribution >= 0.6 is 23.1 Å². The molecule has 1 aliphatic rings. The van der Waals surface area contributed by atoms with E-state index in [0.717, 1.165) is 19.8 Å². The number of hydrogen-bond donors (Lipinski definition) is 0. The van der Waals surface area contributed by atoms with E-state index >= 15 is 0 Å². The molecule has 1 amide bonds. The molecule has 0 saturated carbocycles. The minimum atomic E-state index is -0.565. The summed E-state index contributed by atoms with van der Waals surface area (Å²) in [4.78, 5) is 19.7. The predicted octanol–water partition coefficient (Wildman–Crippen LogP) is 4.28. The molecule has 0 N–H and O–H groups in total. The highest BCUT2D eigenvalue weighted by Crippen LogP contribution is 2.42. The number of aromatic nitrogens is 1. The van der Waals surface area contributed by atoms with E-state index in [1.165, 1.54) is 0 Å². The van der Waals surface area contributed by atoms with Gasteiger partial charge in [-0.1, -0.05) is 11.8 Å². The van der Waals surface area contributed by atoms with Gasteiger partial charge < -0.3 is 14.4 Å². The minimum absolute atomic E-state index is 0.0138. The first kappa shape index (κ1) is 18.4. The van der Waals surface area contributed by atoms with Crippen molar-refractivity contribution in [1.29, 1.82) is 0 Å². The van der Waals surface area contributed by atoms with Crippen molar-refractivity contribution in [1.82, 2.24) is 4.98 Å². The summed E-state index contributed by atoms with van der Waals surface area (Å²) in [6, 6.07) is 7.88. The molecule has 2 aromatic rings. The standard InChI is InChI=1S/C18H22N2O3S2/c1-12(21)20(5)13-6-8-14(9-7-13)24-16-19-10-15(25-16)18(4)11-22-17(2,3)23-18/h6-10H,11H2,1-5H3/t18-/m0/s1. The average molecular weight is 379 g/mol. The van der Waals surface area contributed by atoms with Crippen LogP contribution in [-0.4, -0.2) is 30.3 Å². The highest BCUT2D eigenvalue weighted by Gasteiger charge is 2.44. The maximum atomic E-state index is 11.4. The minimum Gasteiger partial charge on any atom is -0.347 e. The molecular weight excluding hydrogens is 356 g/mol. The van der Waals surface area contributed by atoms with E-state index in [2.05, 4.69) is 4.98 Å². The maximum Gasteiger partial charge on any atom is 0.223 e. The molecule has 0 unspecified atom stereocenters. The zero-order chi connectivity index (χ0) is 18.2. The van der Waals surface area contributed by atoms with Crippen molar-refractivity contribution in [2.75, 3.05) is 18.6 Å². The van der Waals surface area contributed by atoms with E-state index in [9.17, 15) is 4.79 Å². The van der Waals surface area contributed by atoms with Crippen molar-refractivity contribution in [2.24, 2.45) is 0 Å². The lowest BCUT2D eigenvalue weighted by atomic mass is 10.1. The third-order valence-corrected chi connectivity index (χ3v) is 6.40. The fourth-order valence-corrected chi connectivity index (χ4v) is 4.62. The van der Waals surface area contributed by atoms with Crippen molar-refractivity contribution >= 4 is 34.7 Å². The molecule has 0 bridgehead atoms. The fourth-order valence-electron chi connectivity index (χ4n) is 2.60. The average Bonchev–Trinajstić information content (AvgIpc) is 3.12. The van der Waals surface area contributed by atoms with Crippen molar-refractivity contribution < 1.29 is 14.3 Å². The second-order valence-electron chi connectivity index (χ2n) is 6.69. The molecule has 0 radical (unpaired) electrons. The molecule has 1 fully saturated rings. The van der Waals surface area contributed by atoms with Gasteiger partial charge in [0.05, 0.1) is 11.5 Å². The summed E-state index contributed by atoms with van der Waals surface area (Å²) in [6.45, 7) is 7.97. The number of carbonyl (C=O) groups is 1. The number of rotatable bonds is 4. The van der Waals surface area contributed by atoms with Gasteiger partial charge in [-0.25, -0.2) is 4.98 Å². The summed E-state index contributed by atoms with van der Waals surface area (Å²) in [5.41, 5.74) is 0.427. The summed E-state index contributed by atoms with van der Waals surface area (Å²) in [5.74, 6) is -0.551. The van der Waals surface area contributed by atoms with Gasteiger partial charge in [-0.15, -0.1) is 11.3 Å². The lowest BCUT2D eigenvalue weighted by Gasteiger charge is -2.23. The largest absolute Gasteiger partial charge is 0.347 e. The van der Waals surface area contributed by atoms with Gasteiger partial charge in [0.1, 0.15) is 5.60 Å². The zero-order valence-electron chi connectivity index (χ0n) is 15.0. The normalized spacial score (nSPS) is 22.1. The van der Waals surface area contributed by atoms with E-state index < -0.39 is 11.4 Å². The lowest BCUT2D eigenvalue weighted by Crippen LogP contribution is -2.27. The van der Waals surface area contributed by atoms with Gasteiger partial charge in [-0.2, -0.15) is 0 Å². The van der Waals surface area contributed by atoms with E-state index in [1.54, 1.807) is 42.0 Å². The first-order valence-corrected chi connectivity index (χ1v) is 9.64. The van der Waals surface area contributed by atoms with Crippen LogP contribution in [-0.2, 0) is 19.9 Å². The summed E-state index contributed by atoms with van der Waals surface area (Å²) in [6.07, 6.45) is 1.87. The van der Waals surface area contributed by atoms with Crippen LogP contribution in [0.2, 0.25) is 0 Å². The summed E-state index contributed by atoms with van der Waals surface area (Å²) in [5, 5.41) is 0. The molecule has 1 saturated heterocycles. The molecule has 7 heteroatoms. The smallest absolute Gasteiger partial charge is 0.223 e. The van der Waals surface area contributed by atoms with Gasteiger partial charge in [-0.05, 0) is 45.0 Å². The van der Waals surface area contributed by atoms with Gasteiger partial charge in [0.2, 0.25) is 5.91 Å². The summed E-state index contributed by atoms with van der Waals surface area (Å²) in [7, 11) is 1.77. The van der Waals surface area contributed by atoms with Crippen LogP contribution in [0.1, 0.15) is 32.6 Å². The molecule has 0 aliphatic carbocycles. The Kier molecular flexibility index (Phi) is 4.94. The third kappa shape index (κ3) is 4.06. The number of ether oxygens (including phenoxy) is 2. The molecule has 0 spiro atoms. The SMILES string of the molecule is CC(=O)N(C)c1ccc(Sc2ncc([C@]3(C)COC(C)(C)O3)s2)cc1. The van der Waals surface area contributed by atoms with Crippen LogP contribution in [0.25, 0.3) is 0 Å². The Bertz CT molecular complexity index is 773. The molecule has 5 nitrogen and oxygen atoms in total. The van der Waals surface area contributed by atoms with Crippen LogP contribution in [0.3, 0.4) is 0 Å². The number of amides is 1. The monoisotopic (exact) mass is 378 g/mol. The van der Waals surface area contributed by atoms with Gasteiger partial charge in [0.25, 0.3) is 0 Å². The molecule has 1 aromatic heterocycles. The molecule has 3 rings (SSSR count). The van der Waals surface area contributed by atoms with Crippen LogP contribution in [0.5, 0.6) is 0 Å². The van der Waals surface area contributed by atoms with E-state index in [0.29, 0.717) is 6.61 Å². The Hall–Kier alpha value is -1.41. The first-order valence-electron chi connectivity index (χ1n) is 8.01. The molecule has 1 aliphatic heterocycles. The summed E-state index contributed by atoms with van der Waals surface area (Å²) < 4.78 is 12.7. The third-order valence-electron chi connectivity index (χ3n) is 4.07. The summed E-state index contributed by atoms with van der Waals surface area (Å²) >= 11 is 3.22. The van der Waals surface area contributed by atoms with Crippen LogP contribution < -0.4 is 4.90 Å². The Labute approximate surface area is 156 Å². The molecule has 1 atom stereocenters. The highest BCUT2D eigenvalue weighted by atomic mass is 32.2. The van der Waals surface area contributed by atoms with Crippen molar-refractivity contribution in [3.8, 4) is 0 Å². The number of carbonyl (C=O) groups excluding carboxylic acids is 1. The quantitative estimate of drug-likeness (QED) is 0.795. The van der Waals surface area contributed by atoms with E-state index in [-0.39, 0.29) is 5.91 Å². The second-order valence-corrected chi connectivity index (χ2v) is 9.04. The first-order chi connectivity index (χ1) is 11.7. The molecule has 1 aromatic carbocycles. The van der Waals surface area contributed by atoms with Crippen molar-refractivity contribution in [3.05, 3.63) is 35.3 Å². The number of benzene rings is 1. The van der Waals surface area contributed by atoms with E-state index in [4.69, 9.17) is 9.47 Å². The van der Waals surface area contributed by atoms with Gasteiger partial charge in [0.15, 0.2) is 10.1 Å². The molecule has 2 heterocycles. The molecule has 134 valence electrons. The number of hydrogen-bond acceptors (Lipinski definition) is 6. The number of nitrogens with zero attached hydrogens (tertiary/aromatic N) is 2. The number of thiazole rings is 1.